The van der Waals surface area contributed by atoms with Crippen LogP contribution in [0.2, 0.25) is 0 Å². The number of rotatable bonds is 6. The van der Waals surface area contributed by atoms with Crippen molar-refractivity contribution in [1.82, 2.24) is 19.7 Å². The van der Waals surface area contributed by atoms with Gasteiger partial charge in [0.2, 0.25) is 15.7 Å². The Balaban J connectivity index is 1.46. The highest BCUT2D eigenvalue weighted by Crippen LogP contribution is 2.47. The van der Waals surface area contributed by atoms with Crippen molar-refractivity contribution in [2.75, 3.05) is 5.32 Å². The Labute approximate surface area is 175 Å². The maximum absolute atomic E-state index is 13.0. The fourth-order valence-corrected chi connectivity index (χ4v) is 4.96. The van der Waals surface area contributed by atoms with E-state index in [1.807, 2.05) is 26.0 Å². The second kappa shape index (κ2) is 7.64. The first-order chi connectivity index (χ1) is 14.3. The van der Waals surface area contributed by atoms with Crippen molar-refractivity contribution in [1.29, 1.82) is 0 Å². The van der Waals surface area contributed by atoms with Crippen LogP contribution in [0.3, 0.4) is 0 Å². The number of aromatic nitrogens is 4. The predicted octanol–water partition coefficient (Wildman–Crippen LogP) is 3.14. The van der Waals surface area contributed by atoms with Crippen molar-refractivity contribution in [2.45, 2.75) is 48.9 Å². The number of hydrogen-bond acceptors (Lipinski definition) is 6. The lowest BCUT2D eigenvalue weighted by atomic mass is 10.1. The topological polar surface area (TPSA) is 107 Å². The second-order valence-electron chi connectivity index (χ2n) is 7.74. The highest BCUT2D eigenvalue weighted by Gasteiger charge is 2.44. The quantitative estimate of drug-likeness (QED) is 0.650. The molecule has 0 radical (unpaired) electrons. The predicted molar refractivity (Wildman–Crippen MR) is 111 cm³/mol. The Kier molecular flexibility index (Phi) is 5.15. The van der Waals surface area contributed by atoms with Crippen molar-refractivity contribution in [3.63, 3.8) is 0 Å². The van der Waals surface area contributed by atoms with Gasteiger partial charge in [-0.2, -0.15) is 5.10 Å². The van der Waals surface area contributed by atoms with Gasteiger partial charge >= 0.3 is 0 Å². The fraction of sp³-hybridized carbons (Fsp3) is 0.333. The van der Waals surface area contributed by atoms with Gasteiger partial charge in [-0.15, -0.1) is 0 Å². The molecule has 3 heterocycles. The molecule has 1 saturated carbocycles. The summed E-state index contributed by atoms with van der Waals surface area (Å²) in [6.07, 6.45) is 6.88. The lowest BCUT2D eigenvalue weighted by molar-refractivity contribution is -0.117. The summed E-state index contributed by atoms with van der Waals surface area (Å²) in [6.45, 7) is 5.61. The van der Waals surface area contributed by atoms with Crippen LogP contribution < -0.4 is 5.32 Å². The number of nitrogens with one attached hydrogen (secondary N) is 1. The van der Waals surface area contributed by atoms with Crippen LogP contribution in [-0.2, 0) is 14.6 Å². The van der Waals surface area contributed by atoms with E-state index in [4.69, 9.17) is 0 Å². The van der Waals surface area contributed by atoms with Gasteiger partial charge in [0.1, 0.15) is 10.7 Å². The normalized spacial score (nSPS) is 18.4. The number of carbonyl (C=O) groups excluding carboxylic acids is 1. The van der Waals surface area contributed by atoms with Crippen molar-refractivity contribution >= 4 is 21.6 Å². The van der Waals surface area contributed by atoms with Crippen molar-refractivity contribution < 1.29 is 13.2 Å². The monoisotopic (exact) mass is 425 g/mol. The summed E-state index contributed by atoms with van der Waals surface area (Å²) >= 11 is 0. The molecule has 0 bridgehead atoms. The van der Waals surface area contributed by atoms with Crippen LogP contribution in [0.1, 0.15) is 43.5 Å². The zero-order chi connectivity index (χ0) is 21.5. The molecule has 1 aliphatic carbocycles. The number of anilines is 1. The highest BCUT2D eigenvalue weighted by atomic mass is 32.2. The molecule has 4 rings (SSSR count). The summed E-state index contributed by atoms with van der Waals surface area (Å²) < 4.78 is 27.6. The third kappa shape index (κ3) is 3.72. The molecule has 9 heteroatoms. The van der Waals surface area contributed by atoms with Crippen LogP contribution in [0.4, 0.5) is 5.82 Å². The third-order valence-corrected chi connectivity index (χ3v) is 7.16. The van der Waals surface area contributed by atoms with Crippen LogP contribution in [0, 0.1) is 12.8 Å². The van der Waals surface area contributed by atoms with Crippen molar-refractivity contribution in [3.8, 4) is 0 Å². The third-order valence-electron chi connectivity index (χ3n) is 5.32. The van der Waals surface area contributed by atoms with E-state index in [1.54, 1.807) is 24.0 Å². The first-order valence-corrected chi connectivity index (χ1v) is 11.2. The Bertz CT molecular complexity index is 1170. The minimum Gasteiger partial charge on any atom is -0.310 e. The number of sulfone groups is 1. The summed E-state index contributed by atoms with van der Waals surface area (Å²) in [5.74, 6) is 0.245. The summed E-state index contributed by atoms with van der Waals surface area (Å²) in [5, 5.41) is 6.95. The molecule has 2 atom stereocenters. The standard InChI is InChI=1S/C21H23N5O3S/c1-13(2)26-14(3)19(12-24-26)30(28,29)16-6-7-20(23-11-16)25-21(27)18-9-17(18)15-5-4-8-22-10-15/h4-8,10-13,17-18H,9H2,1-3H3,(H,23,25,27). The SMILES string of the molecule is Cc1c(S(=O)(=O)c2ccc(NC(=O)C3CC3c3cccnc3)nc2)cnn1C(C)C. The molecular formula is C21H23N5O3S. The Hall–Kier alpha value is -3.07. The Morgan fingerprint density at radius 2 is 2.00 bits per heavy atom. The maximum Gasteiger partial charge on any atom is 0.229 e. The van der Waals surface area contributed by atoms with Gasteiger partial charge < -0.3 is 5.32 Å². The minimum atomic E-state index is -3.74. The molecule has 3 aromatic heterocycles. The molecule has 2 unspecified atom stereocenters. The van der Waals surface area contributed by atoms with Crippen LogP contribution in [0.5, 0.6) is 0 Å². The molecule has 8 nitrogen and oxygen atoms in total. The summed E-state index contributed by atoms with van der Waals surface area (Å²) in [7, 11) is -3.74. The summed E-state index contributed by atoms with van der Waals surface area (Å²) in [4.78, 5) is 20.9. The molecule has 1 fully saturated rings. The minimum absolute atomic E-state index is 0.0579. The number of amides is 1. The molecule has 0 spiro atoms. The lowest BCUT2D eigenvalue weighted by Crippen LogP contribution is -2.15. The van der Waals surface area contributed by atoms with E-state index < -0.39 is 9.84 Å². The first-order valence-electron chi connectivity index (χ1n) is 9.75. The highest BCUT2D eigenvalue weighted by molar-refractivity contribution is 7.91. The van der Waals surface area contributed by atoms with Crippen LogP contribution >= 0.6 is 0 Å². The molecule has 1 aliphatic rings. The van der Waals surface area contributed by atoms with Gasteiger partial charge in [0.15, 0.2) is 0 Å². The molecule has 30 heavy (non-hydrogen) atoms. The van der Waals surface area contributed by atoms with Gasteiger partial charge in [0.05, 0.1) is 16.8 Å². The zero-order valence-corrected chi connectivity index (χ0v) is 17.8. The molecule has 156 valence electrons. The van der Waals surface area contributed by atoms with E-state index in [2.05, 4.69) is 20.4 Å². The van der Waals surface area contributed by atoms with E-state index in [0.29, 0.717) is 11.5 Å². The van der Waals surface area contributed by atoms with Crippen molar-refractivity contribution in [3.05, 3.63) is 60.3 Å². The van der Waals surface area contributed by atoms with Crippen LogP contribution in [0.15, 0.2) is 58.8 Å². The number of hydrogen-bond donors (Lipinski definition) is 1. The zero-order valence-electron chi connectivity index (χ0n) is 17.0. The average molecular weight is 426 g/mol. The van der Waals surface area contributed by atoms with Gasteiger partial charge in [-0.25, -0.2) is 13.4 Å². The van der Waals surface area contributed by atoms with Gasteiger partial charge in [0.25, 0.3) is 0 Å². The molecular weight excluding hydrogens is 402 g/mol. The summed E-state index contributed by atoms with van der Waals surface area (Å²) in [6, 6.07) is 6.84. The second-order valence-corrected chi connectivity index (χ2v) is 9.66. The molecule has 3 aromatic rings. The van der Waals surface area contributed by atoms with E-state index in [0.717, 1.165) is 12.0 Å². The first kappa shape index (κ1) is 20.2. The molecule has 0 saturated heterocycles. The van der Waals surface area contributed by atoms with Crippen LogP contribution in [0.25, 0.3) is 0 Å². The maximum atomic E-state index is 13.0. The van der Waals surface area contributed by atoms with Crippen molar-refractivity contribution in [2.24, 2.45) is 5.92 Å². The van der Waals surface area contributed by atoms with Gasteiger partial charge in [-0.1, -0.05) is 6.07 Å². The molecule has 0 aliphatic heterocycles. The lowest BCUT2D eigenvalue weighted by Gasteiger charge is -2.09. The number of nitrogens with zero attached hydrogens (tertiary/aromatic N) is 4. The Morgan fingerprint density at radius 1 is 1.20 bits per heavy atom. The van der Waals surface area contributed by atoms with E-state index in [9.17, 15) is 13.2 Å². The largest absolute Gasteiger partial charge is 0.310 e. The fourth-order valence-electron chi connectivity index (χ4n) is 3.60. The van der Waals surface area contributed by atoms with Gasteiger partial charge in [-0.3, -0.25) is 14.5 Å². The molecule has 1 amide bonds. The number of carbonyl (C=O) groups is 1. The van der Waals surface area contributed by atoms with Crippen LogP contribution in [-0.4, -0.2) is 34.1 Å². The Morgan fingerprint density at radius 3 is 2.60 bits per heavy atom. The molecule has 1 N–H and O–H groups in total. The van der Waals surface area contributed by atoms with E-state index >= 15 is 0 Å². The average Bonchev–Trinajstić information content (AvgIpc) is 3.43. The smallest absolute Gasteiger partial charge is 0.229 e. The van der Waals surface area contributed by atoms with E-state index in [-0.39, 0.29) is 33.6 Å². The molecule has 0 aromatic carbocycles. The number of pyridine rings is 2. The summed E-state index contributed by atoms with van der Waals surface area (Å²) in [5.41, 5.74) is 1.63. The van der Waals surface area contributed by atoms with Gasteiger partial charge in [0, 0.05) is 30.6 Å². The van der Waals surface area contributed by atoms with E-state index in [1.165, 1.54) is 24.5 Å². The van der Waals surface area contributed by atoms with Gasteiger partial charge in [-0.05, 0) is 56.9 Å².